The summed E-state index contributed by atoms with van der Waals surface area (Å²) in [5.41, 5.74) is 0.952. The third-order valence-electron chi connectivity index (χ3n) is 2.18. The lowest BCUT2D eigenvalue weighted by Gasteiger charge is -2.18. The van der Waals surface area contributed by atoms with Crippen LogP contribution in [0, 0.1) is 0 Å². The van der Waals surface area contributed by atoms with Crippen molar-refractivity contribution in [1.82, 2.24) is 14.8 Å². The molecule has 0 aliphatic rings. The van der Waals surface area contributed by atoms with Crippen LogP contribution in [0.25, 0.3) is 11.3 Å². The fraction of sp³-hybridized carbons (Fsp3) is 0.308. The van der Waals surface area contributed by atoms with Gasteiger partial charge in [-0.15, -0.1) is 0 Å². The summed E-state index contributed by atoms with van der Waals surface area (Å²) in [5.74, 6) is 0. The quantitative estimate of drug-likeness (QED) is 0.806. The molecule has 5 nitrogen and oxygen atoms in total. The van der Waals surface area contributed by atoms with E-state index >= 15 is 0 Å². The van der Waals surface area contributed by atoms with E-state index in [1.165, 1.54) is 4.68 Å². The largest absolute Gasteiger partial charge is 0.442 e. The van der Waals surface area contributed by atoms with Crippen LogP contribution in [0.3, 0.4) is 0 Å². The molecule has 0 aromatic carbocycles. The average Bonchev–Trinajstić information content (AvgIpc) is 2.75. The van der Waals surface area contributed by atoms with Crippen LogP contribution >= 0.6 is 15.9 Å². The molecule has 0 spiro atoms. The summed E-state index contributed by atoms with van der Waals surface area (Å²) in [5, 5.41) is 3.99. The predicted molar refractivity (Wildman–Crippen MR) is 74.8 cm³/mol. The molecular formula is C13H14BrN3O2. The third kappa shape index (κ3) is 3.64. The number of carbonyl (C=O) groups is 1. The lowest BCUT2D eigenvalue weighted by molar-refractivity contribution is 0.0514. The second kappa shape index (κ2) is 5.13. The molecule has 100 valence electrons. The Morgan fingerprint density at radius 3 is 2.79 bits per heavy atom. The Hall–Kier alpha value is -1.69. The Balaban J connectivity index is 2.22. The highest BCUT2D eigenvalue weighted by molar-refractivity contribution is 9.10. The Morgan fingerprint density at radius 2 is 2.16 bits per heavy atom. The highest BCUT2D eigenvalue weighted by atomic mass is 79.9. The summed E-state index contributed by atoms with van der Waals surface area (Å²) < 4.78 is 7.32. The molecule has 0 amide bonds. The molecule has 0 radical (unpaired) electrons. The molecule has 2 rings (SSSR count). The minimum absolute atomic E-state index is 0.506. The summed E-state index contributed by atoms with van der Waals surface area (Å²) in [7, 11) is 0. The number of rotatable bonds is 1. The first kappa shape index (κ1) is 13.7. The zero-order valence-electron chi connectivity index (χ0n) is 10.9. The van der Waals surface area contributed by atoms with Crippen LogP contribution in [0.15, 0.2) is 35.2 Å². The monoisotopic (exact) mass is 323 g/mol. The molecule has 2 aromatic heterocycles. The van der Waals surface area contributed by atoms with Gasteiger partial charge in [0.2, 0.25) is 0 Å². The van der Waals surface area contributed by atoms with Gasteiger partial charge in [-0.2, -0.15) is 9.78 Å². The number of aromatic nitrogens is 3. The molecule has 2 aromatic rings. The van der Waals surface area contributed by atoms with E-state index in [4.69, 9.17) is 4.74 Å². The zero-order chi connectivity index (χ0) is 14.0. The maximum atomic E-state index is 11.8. The van der Waals surface area contributed by atoms with Gasteiger partial charge in [-0.1, -0.05) is 15.9 Å². The third-order valence-corrected chi connectivity index (χ3v) is 2.67. The summed E-state index contributed by atoms with van der Waals surface area (Å²) in [6.45, 7) is 5.43. The van der Waals surface area contributed by atoms with Crippen molar-refractivity contribution >= 4 is 22.0 Å². The molecule has 0 atom stereocenters. The lowest BCUT2D eigenvalue weighted by atomic mass is 10.2. The van der Waals surface area contributed by atoms with Crippen molar-refractivity contribution in [3.8, 4) is 11.3 Å². The maximum Gasteiger partial charge on any atom is 0.435 e. The van der Waals surface area contributed by atoms with Crippen LogP contribution in [0.2, 0.25) is 0 Å². The highest BCUT2D eigenvalue weighted by Gasteiger charge is 2.18. The van der Waals surface area contributed by atoms with Gasteiger partial charge in [-0.25, -0.2) is 4.79 Å². The molecular weight excluding hydrogens is 310 g/mol. The van der Waals surface area contributed by atoms with Crippen molar-refractivity contribution in [3.05, 3.63) is 35.2 Å². The van der Waals surface area contributed by atoms with E-state index < -0.39 is 11.7 Å². The van der Waals surface area contributed by atoms with Crippen LogP contribution in [0.4, 0.5) is 4.79 Å². The van der Waals surface area contributed by atoms with Gasteiger partial charge in [0, 0.05) is 22.4 Å². The van der Waals surface area contributed by atoms with E-state index in [1.54, 1.807) is 18.6 Å². The molecule has 0 unspecified atom stereocenters. The fourth-order valence-electron chi connectivity index (χ4n) is 1.43. The van der Waals surface area contributed by atoms with Crippen LogP contribution < -0.4 is 0 Å². The van der Waals surface area contributed by atoms with Gasteiger partial charge < -0.3 is 4.74 Å². The van der Waals surface area contributed by atoms with E-state index in [2.05, 4.69) is 26.0 Å². The standard InChI is InChI=1S/C13H14BrN3O2/c1-13(2,3)19-12(18)17-8-9(7-16-17)11-6-10(14)4-5-15-11/h4-8H,1-3H3. The summed E-state index contributed by atoms with van der Waals surface area (Å²) >= 11 is 3.38. The van der Waals surface area contributed by atoms with Crippen LogP contribution in [0.5, 0.6) is 0 Å². The number of hydrogen-bond acceptors (Lipinski definition) is 4. The summed E-state index contributed by atoms with van der Waals surface area (Å²) in [6, 6.07) is 3.69. The van der Waals surface area contributed by atoms with Crippen molar-refractivity contribution in [2.45, 2.75) is 26.4 Å². The number of pyridine rings is 1. The Bertz CT molecular complexity index is 602. The van der Waals surface area contributed by atoms with E-state index in [9.17, 15) is 4.79 Å². The molecule has 0 fully saturated rings. The number of hydrogen-bond donors (Lipinski definition) is 0. The number of ether oxygens (including phenoxy) is 1. The maximum absolute atomic E-state index is 11.8. The second-order valence-corrected chi connectivity index (χ2v) is 5.93. The normalized spacial score (nSPS) is 11.4. The van der Waals surface area contributed by atoms with Gasteiger partial charge in [-0.05, 0) is 32.9 Å². The van der Waals surface area contributed by atoms with E-state index in [0.717, 1.165) is 15.7 Å². The van der Waals surface area contributed by atoms with E-state index in [-0.39, 0.29) is 0 Å². The highest BCUT2D eigenvalue weighted by Crippen LogP contribution is 2.20. The molecule has 6 heteroatoms. The van der Waals surface area contributed by atoms with Crippen molar-refractivity contribution in [1.29, 1.82) is 0 Å². The van der Waals surface area contributed by atoms with Crippen LogP contribution in [-0.4, -0.2) is 26.5 Å². The first-order valence-corrected chi connectivity index (χ1v) is 6.54. The zero-order valence-corrected chi connectivity index (χ0v) is 12.5. The topological polar surface area (TPSA) is 57.0 Å². The lowest BCUT2D eigenvalue weighted by Crippen LogP contribution is -2.27. The molecule has 0 bridgehead atoms. The predicted octanol–water partition coefficient (Wildman–Crippen LogP) is 3.49. The van der Waals surface area contributed by atoms with Crippen LogP contribution in [0.1, 0.15) is 20.8 Å². The SMILES string of the molecule is CC(C)(C)OC(=O)n1cc(-c2cc(Br)ccn2)cn1. The second-order valence-electron chi connectivity index (χ2n) is 5.01. The Kier molecular flexibility index (Phi) is 3.71. The minimum atomic E-state index is -0.544. The molecule has 0 aliphatic carbocycles. The van der Waals surface area contributed by atoms with Gasteiger partial charge in [0.25, 0.3) is 0 Å². The Labute approximate surface area is 119 Å². The molecule has 2 heterocycles. The molecule has 19 heavy (non-hydrogen) atoms. The fourth-order valence-corrected chi connectivity index (χ4v) is 1.76. The van der Waals surface area contributed by atoms with E-state index in [1.807, 2.05) is 32.9 Å². The van der Waals surface area contributed by atoms with Gasteiger partial charge in [0.15, 0.2) is 0 Å². The summed E-state index contributed by atoms with van der Waals surface area (Å²) in [6.07, 6.45) is 4.36. The van der Waals surface area contributed by atoms with Gasteiger partial charge in [-0.3, -0.25) is 4.98 Å². The molecule has 0 N–H and O–H groups in total. The van der Waals surface area contributed by atoms with Crippen molar-refractivity contribution in [3.63, 3.8) is 0 Å². The molecule has 0 saturated heterocycles. The summed E-state index contributed by atoms with van der Waals surface area (Å²) in [4.78, 5) is 16.0. The van der Waals surface area contributed by atoms with Crippen molar-refractivity contribution in [2.75, 3.05) is 0 Å². The van der Waals surface area contributed by atoms with Gasteiger partial charge in [0.1, 0.15) is 5.60 Å². The first-order valence-electron chi connectivity index (χ1n) is 5.75. The number of halogens is 1. The van der Waals surface area contributed by atoms with Crippen molar-refractivity contribution in [2.24, 2.45) is 0 Å². The van der Waals surface area contributed by atoms with E-state index in [0.29, 0.717) is 0 Å². The van der Waals surface area contributed by atoms with Crippen LogP contribution in [-0.2, 0) is 4.74 Å². The molecule has 0 aliphatic heterocycles. The van der Waals surface area contributed by atoms with Gasteiger partial charge >= 0.3 is 6.09 Å². The average molecular weight is 324 g/mol. The first-order chi connectivity index (χ1) is 8.85. The Morgan fingerprint density at radius 1 is 1.42 bits per heavy atom. The minimum Gasteiger partial charge on any atom is -0.442 e. The van der Waals surface area contributed by atoms with Gasteiger partial charge in [0.05, 0.1) is 11.9 Å². The van der Waals surface area contributed by atoms with Crippen molar-refractivity contribution < 1.29 is 9.53 Å². The smallest absolute Gasteiger partial charge is 0.435 e. The number of nitrogens with zero attached hydrogens (tertiary/aromatic N) is 3. The molecule has 0 saturated carbocycles. The number of carbonyl (C=O) groups excluding carboxylic acids is 1.